The van der Waals surface area contributed by atoms with Crippen LogP contribution in [0.2, 0.25) is 0 Å². The molecule has 0 aliphatic rings. The first-order chi connectivity index (χ1) is 9.28. The Hall–Kier alpha value is -1.43. The number of nitrogens with zero attached hydrogens (tertiary/aromatic N) is 1. The number of amides is 1. The smallest absolute Gasteiger partial charge is 0.285 e. The third kappa shape index (κ3) is 4.30. The summed E-state index contributed by atoms with van der Waals surface area (Å²) in [7, 11) is 0. The summed E-state index contributed by atoms with van der Waals surface area (Å²) < 4.78 is 0. The molecule has 0 bridgehead atoms. The van der Waals surface area contributed by atoms with Gasteiger partial charge in [0, 0.05) is 17.4 Å². The fourth-order valence-electron chi connectivity index (χ4n) is 1.84. The molecule has 0 aliphatic heterocycles. The van der Waals surface area contributed by atoms with Gasteiger partial charge in [0.05, 0.1) is 4.92 Å². The number of nitrogens with one attached hydrogen (secondary N) is 1. The quantitative estimate of drug-likeness (QED) is 0.489. The van der Waals surface area contributed by atoms with Gasteiger partial charge in [-0.15, -0.1) is 0 Å². The monoisotopic (exact) mass is 342 g/mol. The number of hydrogen-bond acceptors (Lipinski definition) is 3. The molecule has 0 aromatic heterocycles. The Morgan fingerprint density at radius 2 is 2.10 bits per heavy atom. The van der Waals surface area contributed by atoms with Gasteiger partial charge in [-0.05, 0) is 24.8 Å². The Labute approximate surface area is 127 Å². The molecule has 1 amide bonds. The van der Waals surface area contributed by atoms with E-state index in [4.69, 9.17) is 0 Å². The molecule has 20 heavy (non-hydrogen) atoms. The number of carbonyl (C=O) groups excluding carboxylic acids is 1. The van der Waals surface area contributed by atoms with E-state index in [1.165, 1.54) is 6.07 Å². The van der Waals surface area contributed by atoms with Crippen molar-refractivity contribution >= 4 is 27.5 Å². The molecule has 0 radical (unpaired) electrons. The zero-order valence-corrected chi connectivity index (χ0v) is 13.5. The number of para-hydroxylation sites is 1. The molecule has 0 heterocycles. The number of nitro benzene ring substituents is 1. The first-order valence-corrected chi connectivity index (χ1v) is 7.49. The van der Waals surface area contributed by atoms with E-state index in [2.05, 4.69) is 21.2 Å². The fourth-order valence-corrected chi connectivity index (χ4v) is 2.92. The second-order valence-electron chi connectivity index (χ2n) is 5.51. The number of alkyl halides is 1. The third-order valence-corrected chi connectivity index (χ3v) is 3.56. The maximum absolute atomic E-state index is 12.1. The number of rotatable bonds is 6. The third-order valence-electron chi connectivity index (χ3n) is 3.16. The highest BCUT2D eigenvalue weighted by Gasteiger charge is 2.24. The zero-order chi connectivity index (χ0) is 15.3. The average molecular weight is 343 g/mol. The van der Waals surface area contributed by atoms with Crippen LogP contribution in [0, 0.1) is 22.5 Å². The highest BCUT2D eigenvalue weighted by atomic mass is 79.9. The van der Waals surface area contributed by atoms with Gasteiger partial charge in [0.15, 0.2) is 0 Å². The molecule has 1 N–H and O–H groups in total. The van der Waals surface area contributed by atoms with Crippen molar-refractivity contribution in [2.45, 2.75) is 27.2 Å². The summed E-state index contributed by atoms with van der Waals surface area (Å²) in [5, 5.41) is 14.7. The van der Waals surface area contributed by atoms with Gasteiger partial charge in [-0.1, -0.05) is 41.9 Å². The minimum Gasteiger partial charge on any atom is -0.351 e. The van der Waals surface area contributed by atoms with Gasteiger partial charge in [0.25, 0.3) is 11.6 Å². The lowest BCUT2D eigenvalue weighted by molar-refractivity contribution is -0.385. The normalized spacial score (nSPS) is 11.2. The number of aryl methyl sites for hydroxylation is 1. The molecule has 1 aromatic rings. The predicted molar refractivity (Wildman–Crippen MR) is 82.4 cm³/mol. The Balaban J connectivity index is 2.89. The van der Waals surface area contributed by atoms with Crippen LogP contribution in [-0.2, 0) is 0 Å². The summed E-state index contributed by atoms with van der Waals surface area (Å²) in [5.74, 6) is -0.400. The summed E-state index contributed by atoms with van der Waals surface area (Å²) in [6.07, 6.45) is 0.906. The van der Waals surface area contributed by atoms with Crippen LogP contribution >= 0.6 is 15.9 Å². The molecular formula is C14H19BrN2O3. The van der Waals surface area contributed by atoms with Crippen molar-refractivity contribution < 1.29 is 9.72 Å². The number of hydrogen-bond donors (Lipinski definition) is 1. The molecular weight excluding hydrogens is 324 g/mol. The second kappa shape index (κ2) is 6.83. The Kier molecular flexibility index (Phi) is 5.68. The second-order valence-corrected chi connectivity index (χ2v) is 6.31. The maximum atomic E-state index is 12.1. The van der Waals surface area contributed by atoms with Gasteiger partial charge < -0.3 is 5.32 Å². The van der Waals surface area contributed by atoms with E-state index >= 15 is 0 Å². The molecule has 1 aromatic carbocycles. The molecule has 0 unspecified atom stereocenters. The molecule has 110 valence electrons. The summed E-state index contributed by atoms with van der Waals surface area (Å²) in [6, 6.07) is 4.77. The van der Waals surface area contributed by atoms with E-state index in [-0.39, 0.29) is 16.7 Å². The van der Waals surface area contributed by atoms with Crippen LogP contribution in [0.3, 0.4) is 0 Å². The molecule has 0 atom stereocenters. The summed E-state index contributed by atoms with van der Waals surface area (Å²) in [5.41, 5.74) is 0.424. The van der Waals surface area contributed by atoms with Gasteiger partial charge in [0.2, 0.25) is 0 Å². The van der Waals surface area contributed by atoms with E-state index < -0.39 is 10.8 Å². The number of carbonyl (C=O) groups is 1. The van der Waals surface area contributed by atoms with Crippen molar-refractivity contribution in [3.63, 3.8) is 0 Å². The standard InChI is InChI=1S/C14H19BrN2O3/c1-10-5-4-6-11(12(10)17(19)20)13(18)16-9-14(2,3)7-8-15/h4-6H,7-9H2,1-3H3,(H,16,18). The molecule has 1 rings (SSSR count). The molecule has 0 aliphatic carbocycles. The van der Waals surface area contributed by atoms with Crippen LogP contribution < -0.4 is 5.32 Å². The zero-order valence-electron chi connectivity index (χ0n) is 11.9. The summed E-state index contributed by atoms with van der Waals surface area (Å²) in [4.78, 5) is 22.7. The van der Waals surface area contributed by atoms with E-state index in [9.17, 15) is 14.9 Å². The number of nitro groups is 1. The van der Waals surface area contributed by atoms with Crippen LogP contribution in [0.1, 0.15) is 36.2 Å². The minimum atomic E-state index is -0.506. The van der Waals surface area contributed by atoms with Crippen LogP contribution in [0.25, 0.3) is 0 Å². The van der Waals surface area contributed by atoms with Crippen molar-refractivity contribution in [2.24, 2.45) is 5.41 Å². The largest absolute Gasteiger partial charge is 0.351 e. The lowest BCUT2D eigenvalue weighted by Crippen LogP contribution is -2.34. The highest BCUT2D eigenvalue weighted by molar-refractivity contribution is 9.09. The van der Waals surface area contributed by atoms with Gasteiger partial charge in [-0.3, -0.25) is 14.9 Å². The van der Waals surface area contributed by atoms with Crippen molar-refractivity contribution in [1.29, 1.82) is 0 Å². The van der Waals surface area contributed by atoms with E-state index in [1.807, 2.05) is 13.8 Å². The minimum absolute atomic E-state index is 0.0578. The van der Waals surface area contributed by atoms with Gasteiger partial charge in [-0.25, -0.2) is 0 Å². The Morgan fingerprint density at radius 1 is 1.45 bits per heavy atom. The first kappa shape index (κ1) is 16.6. The van der Waals surface area contributed by atoms with E-state index in [0.717, 1.165) is 11.8 Å². The lowest BCUT2D eigenvalue weighted by atomic mass is 9.90. The van der Waals surface area contributed by atoms with Crippen LogP contribution in [-0.4, -0.2) is 22.7 Å². The average Bonchev–Trinajstić information content (AvgIpc) is 2.35. The van der Waals surface area contributed by atoms with Crippen LogP contribution in [0.5, 0.6) is 0 Å². The van der Waals surface area contributed by atoms with Gasteiger partial charge in [0.1, 0.15) is 5.56 Å². The summed E-state index contributed by atoms with van der Waals surface area (Å²) >= 11 is 3.38. The maximum Gasteiger partial charge on any atom is 0.285 e. The SMILES string of the molecule is Cc1cccc(C(=O)NCC(C)(C)CCBr)c1[N+](=O)[O-]. The van der Waals surface area contributed by atoms with Crippen molar-refractivity contribution in [2.75, 3.05) is 11.9 Å². The van der Waals surface area contributed by atoms with Gasteiger partial charge in [-0.2, -0.15) is 0 Å². The molecule has 0 fully saturated rings. The molecule has 0 spiro atoms. The van der Waals surface area contributed by atoms with Crippen LogP contribution in [0.4, 0.5) is 5.69 Å². The molecule has 0 saturated heterocycles. The number of halogens is 1. The topological polar surface area (TPSA) is 72.2 Å². The van der Waals surface area contributed by atoms with Crippen LogP contribution in [0.15, 0.2) is 18.2 Å². The molecule has 0 saturated carbocycles. The molecule has 6 heteroatoms. The van der Waals surface area contributed by atoms with E-state index in [0.29, 0.717) is 12.1 Å². The highest BCUT2D eigenvalue weighted by Crippen LogP contribution is 2.24. The van der Waals surface area contributed by atoms with Crippen molar-refractivity contribution in [3.05, 3.63) is 39.4 Å². The Bertz CT molecular complexity index is 515. The molecule has 5 nitrogen and oxygen atoms in total. The first-order valence-electron chi connectivity index (χ1n) is 6.36. The summed E-state index contributed by atoms with van der Waals surface area (Å²) in [6.45, 7) is 6.19. The van der Waals surface area contributed by atoms with Gasteiger partial charge >= 0.3 is 0 Å². The predicted octanol–water partition coefficient (Wildman–Crippen LogP) is 3.44. The van der Waals surface area contributed by atoms with Crippen molar-refractivity contribution in [1.82, 2.24) is 5.32 Å². The number of benzene rings is 1. The van der Waals surface area contributed by atoms with E-state index in [1.54, 1.807) is 19.1 Å². The fraction of sp³-hybridized carbons (Fsp3) is 0.500. The van der Waals surface area contributed by atoms with Crippen molar-refractivity contribution in [3.8, 4) is 0 Å². The Morgan fingerprint density at radius 3 is 2.65 bits per heavy atom. The lowest BCUT2D eigenvalue weighted by Gasteiger charge is -2.23.